The van der Waals surface area contributed by atoms with Crippen molar-refractivity contribution in [2.75, 3.05) is 13.1 Å². The van der Waals surface area contributed by atoms with E-state index in [9.17, 15) is 21.6 Å². The Balaban J connectivity index is 0.00000242. The number of nitrogens with zero attached hydrogens (tertiary/aromatic N) is 1. The van der Waals surface area contributed by atoms with Crippen molar-refractivity contribution in [3.05, 3.63) is 29.8 Å². The Hall–Kier alpha value is -0.830. The molecule has 1 aromatic rings. The van der Waals surface area contributed by atoms with Gasteiger partial charge in [-0.2, -0.15) is 17.5 Å². The van der Waals surface area contributed by atoms with Gasteiger partial charge in [0, 0.05) is 25.2 Å². The van der Waals surface area contributed by atoms with E-state index in [0.29, 0.717) is 13.1 Å². The van der Waals surface area contributed by atoms with E-state index in [1.54, 1.807) is 0 Å². The third kappa shape index (κ3) is 4.13. The first-order valence-corrected chi connectivity index (χ1v) is 7.98. The normalized spacial score (nSPS) is 23.9. The third-order valence-corrected chi connectivity index (χ3v) is 5.19. The number of halogens is 4. The van der Waals surface area contributed by atoms with E-state index in [2.05, 4.69) is 5.32 Å². The molecule has 0 amide bonds. The molecule has 1 aromatic carbocycles. The zero-order chi connectivity index (χ0) is 15.8. The van der Waals surface area contributed by atoms with E-state index in [0.717, 1.165) is 24.3 Å². The monoisotopic (exact) mass is 358 g/mol. The molecule has 0 radical (unpaired) electrons. The van der Waals surface area contributed by atoms with Gasteiger partial charge in [-0.3, -0.25) is 0 Å². The minimum absolute atomic E-state index is 0. The Labute approximate surface area is 134 Å². The van der Waals surface area contributed by atoms with Gasteiger partial charge in [-0.1, -0.05) is 0 Å². The van der Waals surface area contributed by atoms with Crippen molar-refractivity contribution in [1.82, 2.24) is 9.62 Å². The van der Waals surface area contributed by atoms with Crippen molar-refractivity contribution in [2.24, 2.45) is 0 Å². The minimum Gasteiger partial charge on any atom is -0.309 e. The van der Waals surface area contributed by atoms with Gasteiger partial charge in [0.25, 0.3) is 0 Å². The first kappa shape index (κ1) is 19.2. The molecule has 1 fully saturated rings. The molecule has 1 heterocycles. The van der Waals surface area contributed by atoms with Crippen molar-refractivity contribution >= 4 is 22.4 Å². The van der Waals surface area contributed by atoms with Crippen molar-refractivity contribution in [3.8, 4) is 0 Å². The van der Waals surface area contributed by atoms with Crippen LogP contribution < -0.4 is 5.32 Å². The van der Waals surface area contributed by atoms with Crippen LogP contribution in [0.1, 0.15) is 19.4 Å². The standard InChI is InChI=1S/C13H17F3N2O2S.ClH/c1-9-7-18(8-10(2)17-9)21(19,20)12-5-3-11(4-6-12)13(14,15)16;/h3-6,9-10,17H,7-8H2,1-2H3;1H. The van der Waals surface area contributed by atoms with Gasteiger partial charge < -0.3 is 5.32 Å². The molecule has 0 aliphatic carbocycles. The molecular formula is C13H18ClF3N2O2S. The lowest BCUT2D eigenvalue weighted by Crippen LogP contribution is -2.55. The van der Waals surface area contributed by atoms with Crippen LogP contribution in [-0.2, 0) is 16.2 Å². The molecular weight excluding hydrogens is 341 g/mol. The van der Waals surface area contributed by atoms with E-state index >= 15 is 0 Å². The molecule has 2 rings (SSSR count). The number of hydrogen-bond acceptors (Lipinski definition) is 3. The van der Waals surface area contributed by atoms with Crippen LogP contribution in [0.3, 0.4) is 0 Å². The lowest BCUT2D eigenvalue weighted by atomic mass is 10.2. The fourth-order valence-corrected chi connectivity index (χ4v) is 4.06. The van der Waals surface area contributed by atoms with Gasteiger partial charge in [0.1, 0.15) is 0 Å². The van der Waals surface area contributed by atoms with Gasteiger partial charge in [-0.25, -0.2) is 8.42 Å². The fraction of sp³-hybridized carbons (Fsp3) is 0.538. The second-order valence-corrected chi connectivity index (χ2v) is 7.25. The molecule has 0 bridgehead atoms. The third-order valence-electron chi connectivity index (χ3n) is 3.34. The van der Waals surface area contributed by atoms with Gasteiger partial charge in [0.05, 0.1) is 10.5 Å². The van der Waals surface area contributed by atoms with Crippen molar-refractivity contribution in [3.63, 3.8) is 0 Å². The summed E-state index contributed by atoms with van der Waals surface area (Å²) in [5.41, 5.74) is -0.858. The molecule has 1 aliphatic heterocycles. The number of piperazine rings is 1. The summed E-state index contributed by atoms with van der Waals surface area (Å²) in [5.74, 6) is 0. The highest BCUT2D eigenvalue weighted by atomic mass is 35.5. The van der Waals surface area contributed by atoms with Gasteiger partial charge in [0.15, 0.2) is 0 Å². The van der Waals surface area contributed by atoms with Gasteiger partial charge in [0.2, 0.25) is 10.0 Å². The van der Waals surface area contributed by atoms with Crippen LogP contribution in [0.25, 0.3) is 0 Å². The van der Waals surface area contributed by atoms with Gasteiger partial charge >= 0.3 is 6.18 Å². The molecule has 2 atom stereocenters. The number of benzene rings is 1. The predicted octanol–water partition coefficient (Wildman–Crippen LogP) is 2.50. The number of nitrogens with one attached hydrogen (secondary N) is 1. The van der Waals surface area contributed by atoms with Crippen LogP contribution >= 0.6 is 12.4 Å². The number of alkyl halides is 3. The summed E-state index contributed by atoms with van der Waals surface area (Å²) in [6.07, 6.45) is -4.47. The van der Waals surface area contributed by atoms with Crippen molar-refractivity contribution < 1.29 is 21.6 Å². The van der Waals surface area contributed by atoms with Crippen molar-refractivity contribution in [1.29, 1.82) is 0 Å². The maximum absolute atomic E-state index is 12.5. The second-order valence-electron chi connectivity index (χ2n) is 5.31. The molecule has 1 N–H and O–H groups in total. The van der Waals surface area contributed by atoms with Crippen LogP contribution in [0.5, 0.6) is 0 Å². The largest absolute Gasteiger partial charge is 0.416 e. The van der Waals surface area contributed by atoms with E-state index in [1.807, 2.05) is 13.8 Å². The van der Waals surface area contributed by atoms with E-state index < -0.39 is 21.8 Å². The smallest absolute Gasteiger partial charge is 0.309 e. The first-order valence-electron chi connectivity index (χ1n) is 6.54. The average Bonchev–Trinajstić information content (AvgIpc) is 2.36. The minimum atomic E-state index is -4.47. The summed E-state index contributed by atoms with van der Waals surface area (Å²) in [6, 6.07) is 3.60. The Morgan fingerprint density at radius 1 is 1.09 bits per heavy atom. The molecule has 4 nitrogen and oxygen atoms in total. The predicted molar refractivity (Wildman–Crippen MR) is 79.5 cm³/mol. The van der Waals surface area contributed by atoms with Gasteiger partial charge in [-0.15, -0.1) is 12.4 Å². The SMILES string of the molecule is CC1CN(S(=O)(=O)c2ccc(C(F)(F)F)cc2)CC(C)N1.Cl. The highest BCUT2D eigenvalue weighted by Crippen LogP contribution is 2.30. The first-order chi connectivity index (χ1) is 9.60. The van der Waals surface area contributed by atoms with E-state index in [1.165, 1.54) is 4.31 Å². The summed E-state index contributed by atoms with van der Waals surface area (Å²) < 4.78 is 63.7. The second kappa shape index (κ2) is 6.74. The summed E-state index contributed by atoms with van der Waals surface area (Å²) >= 11 is 0. The van der Waals surface area contributed by atoms with Crippen LogP contribution in [0, 0.1) is 0 Å². The number of rotatable bonds is 2. The lowest BCUT2D eigenvalue weighted by Gasteiger charge is -2.35. The van der Waals surface area contributed by atoms with E-state index in [-0.39, 0.29) is 29.4 Å². The number of sulfonamides is 1. The van der Waals surface area contributed by atoms with Crippen LogP contribution in [0.15, 0.2) is 29.2 Å². The molecule has 1 saturated heterocycles. The maximum Gasteiger partial charge on any atom is 0.416 e. The Bertz CT molecular complexity index is 595. The fourth-order valence-electron chi connectivity index (χ4n) is 2.44. The lowest BCUT2D eigenvalue weighted by molar-refractivity contribution is -0.137. The van der Waals surface area contributed by atoms with Crippen LogP contribution in [0.4, 0.5) is 13.2 Å². The average molecular weight is 359 g/mol. The zero-order valence-corrected chi connectivity index (χ0v) is 13.7. The Morgan fingerprint density at radius 3 is 1.95 bits per heavy atom. The topological polar surface area (TPSA) is 49.4 Å². The summed E-state index contributed by atoms with van der Waals surface area (Å²) in [6.45, 7) is 4.33. The number of hydrogen-bond donors (Lipinski definition) is 1. The molecule has 0 aromatic heterocycles. The Kier molecular flexibility index (Phi) is 5.88. The maximum atomic E-state index is 12.5. The van der Waals surface area contributed by atoms with Gasteiger partial charge in [-0.05, 0) is 38.1 Å². The summed E-state index contributed by atoms with van der Waals surface area (Å²) in [4.78, 5) is -0.114. The van der Waals surface area contributed by atoms with Crippen LogP contribution in [0.2, 0.25) is 0 Å². The summed E-state index contributed by atoms with van der Waals surface area (Å²) in [7, 11) is -3.76. The molecule has 0 spiro atoms. The molecule has 9 heteroatoms. The molecule has 2 unspecified atom stereocenters. The quantitative estimate of drug-likeness (QED) is 0.883. The highest BCUT2D eigenvalue weighted by Gasteiger charge is 2.33. The molecule has 0 saturated carbocycles. The summed E-state index contributed by atoms with van der Waals surface area (Å²) in [5, 5.41) is 3.21. The van der Waals surface area contributed by atoms with Crippen LogP contribution in [-0.4, -0.2) is 37.9 Å². The van der Waals surface area contributed by atoms with E-state index in [4.69, 9.17) is 0 Å². The zero-order valence-electron chi connectivity index (χ0n) is 12.1. The molecule has 126 valence electrons. The van der Waals surface area contributed by atoms with Crippen molar-refractivity contribution in [2.45, 2.75) is 37.0 Å². The Morgan fingerprint density at radius 2 is 1.55 bits per heavy atom. The highest BCUT2D eigenvalue weighted by molar-refractivity contribution is 7.89. The molecule has 22 heavy (non-hydrogen) atoms. The molecule has 1 aliphatic rings.